The third-order valence-corrected chi connectivity index (χ3v) is 7.95. The number of rotatable bonds is 10. The normalized spacial score (nSPS) is 14.2. The second kappa shape index (κ2) is 12.1. The van der Waals surface area contributed by atoms with Gasteiger partial charge in [0.1, 0.15) is 23.9 Å². The SMILES string of the molecule is COCOc1ccc2c(Oc3ccc(OCCN4CCCCC4)cc3)c(-c3ccc(Br)cc3)sc2c1. The first-order valence-corrected chi connectivity index (χ1v) is 13.9. The first kappa shape index (κ1) is 25.1. The molecule has 7 heteroatoms. The van der Waals surface area contributed by atoms with Crippen molar-refractivity contribution in [2.45, 2.75) is 19.3 Å². The zero-order valence-electron chi connectivity index (χ0n) is 20.4. The number of piperidine rings is 1. The van der Waals surface area contributed by atoms with Crippen LogP contribution in [0.25, 0.3) is 20.5 Å². The molecule has 0 saturated carbocycles. The summed E-state index contributed by atoms with van der Waals surface area (Å²) in [5, 5.41) is 1.05. The average Bonchev–Trinajstić information content (AvgIpc) is 3.27. The van der Waals surface area contributed by atoms with Crippen LogP contribution in [0.1, 0.15) is 19.3 Å². The topological polar surface area (TPSA) is 40.2 Å². The largest absolute Gasteiger partial charge is 0.492 e. The Morgan fingerprint density at radius 3 is 2.31 bits per heavy atom. The number of hydrogen-bond acceptors (Lipinski definition) is 6. The van der Waals surface area contributed by atoms with Gasteiger partial charge >= 0.3 is 0 Å². The van der Waals surface area contributed by atoms with Gasteiger partial charge in [-0.25, -0.2) is 0 Å². The van der Waals surface area contributed by atoms with E-state index in [4.69, 9.17) is 18.9 Å². The minimum absolute atomic E-state index is 0.215. The Morgan fingerprint density at radius 1 is 0.833 bits per heavy atom. The van der Waals surface area contributed by atoms with E-state index in [-0.39, 0.29) is 6.79 Å². The predicted octanol–water partition coefficient (Wildman–Crippen LogP) is 7.97. The fourth-order valence-electron chi connectivity index (χ4n) is 4.36. The summed E-state index contributed by atoms with van der Waals surface area (Å²) in [7, 11) is 1.62. The molecule has 0 atom stereocenters. The van der Waals surface area contributed by atoms with Crippen molar-refractivity contribution in [2.75, 3.05) is 40.1 Å². The maximum absolute atomic E-state index is 6.49. The lowest BCUT2D eigenvalue weighted by Gasteiger charge is -2.26. The number of halogens is 1. The number of fused-ring (bicyclic) bond motifs is 1. The van der Waals surface area contributed by atoms with Gasteiger partial charge in [-0.05, 0) is 86.1 Å². The van der Waals surface area contributed by atoms with Crippen LogP contribution in [-0.4, -0.2) is 45.0 Å². The number of benzene rings is 3. The highest BCUT2D eigenvalue weighted by atomic mass is 79.9. The van der Waals surface area contributed by atoms with Crippen LogP contribution in [0.5, 0.6) is 23.0 Å². The Hall–Kier alpha value is -2.58. The fourth-order valence-corrected chi connectivity index (χ4v) is 5.79. The maximum atomic E-state index is 6.49. The molecule has 0 N–H and O–H groups in total. The summed E-state index contributed by atoms with van der Waals surface area (Å²) in [4.78, 5) is 3.56. The molecule has 5 nitrogen and oxygen atoms in total. The molecule has 188 valence electrons. The van der Waals surface area contributed by atoms with Crippen molar-refractivity contribution in [1.29, 1.82) is 0 Å². The summed E-state index contributed by atoms with van der Waals surface area (Å²) in [6.07, 6.45) is 3.95. The summed E-state index contributed by atoms with van der Waals surface area (Å²) in [5.41, 5.74) is 1.10. The van der Waals surface area contributed by atoms with Crippen LogP contribution in [0, 0.1) is 0 Å². The molecular weight excluding hydrogens is 538 g/mol. The molecule has 1 aliphatic rings. The molecule has 2 heterocycles. The Balaban J connectivity index is 1.35. The lowest BCUT2D eigenvalue weighted by molar-refractivity contribution is 0.0512. The van der Waals surface area contributed by atoms with E-state index in [1.807, 2.05) is 54.6 Å². The van der Waals surface area contributed by atoms with Gasteiger partial charge in [0.25, 0.3) is 0 Å². The minimum Gasteiger partial charge on any atom is -0.492 e. The van der Waals surface area contributed by atoms with Crippen molar-refractivity contribution in [3.05, 3.63) is 71.2 Å². The number of likely N-dealkylation sites (tertiary alicyclic amines) is 1. The van der Waals surface area contributed by atoms with E-state index in [9.17, 15) is 0 Å². The third-order valence-electron chi connectivity index (χ3n) is 6.23. The van der Waals surface area contributed by atoms with Gasteiger partial charge in [-0.15, -0.1) is 11.3 Å². The Morgan fingerprint density at radius 2 is 1.56 bits per heavy atom. The van der Waals surface area contributed by atoms with Gasteiger partial charge < -0.3 is 18.9 Å². The lowest BCUT2D eigenvalue weighted by atomic mass is 10.1. The summed E-state index contributed by atoms with van der Waals surface area (Å²) >= 11 is 5.22. The molecule has 0 aliphatic carbocycles. The Kier molecular flexibility index (Phi) is 8.43. The van der Waals surface area contributed by atoms with Crippen molar-refractivity contribution < 1.29 is 18.9 Å². The van der Waals surface area contributed by atoms with Crippen LogP contribution in [0.15, 0.2) is 71.2 Å². The van der Waals surface area contributed by atoms with Gasteiger partial charge in [0.15, 0.2) is 12.5 Å². The molecule has 0 amide bonds. The zero-order chi connectivity index (χ0) is 24.7. The smallest absolute Gasteiger partial charge is 0.188 e. The number of ether oxygens (including phenoxy) is 4. The molecular formula is C29H30BrNO4S. The Labute approximate surface area is 224 Å². The Bertz CT molecular complexity index is 1270. The number of nitrogens with zero attached hydrogens (tertiary/aromatic N) is 1. The highest BCUT2D eigenvalue weighted by Crippen LogP contribution is 2.47. The molecule has 1 fully saturated rings. The standard InChI is InChI=1S/C29H30BrNO4S/c1-32-20-34-25-13-14-26-27(19-25)36-29(21-5-7-22(30)8-6-21)28(26)35-24-11-9-23(10-12-24)33-18-17-31-15-3-2-4-16-31/h5-14,19H,2-4,15-18,20H2,1H3. The van der Waals surface area contributed by atoms with Gasteiger partial charge in [-0.3, -0.25) is 4.90 Å². The molecule has 1 aromatic heterocycles. The molecule has 0 radical (unpaired) electrons. The van der Waals surface area contributed by atoms with Crippen LogP contribution in [-0.2, 0) is 4.74 Å². The van der Waals surface area contributed by atoms with E-state index >= 15 is 0 Å². The minimum atomic E-state index is 0.215. The van der Waals surface area contributed by atoms with E-state index < -0.39 is 0 Å². The van der Waals surface area contributed by atoms with Gasteiger partial charge in [0.2, 0.25) is 0 Å². The number of methoxy groups -OCH3 is 1. The molecule has 5 rings (SSSR count). The maximum Gasteiger partial charge on any atom is 0.188 e. The molecule has 1 aliphatic heterocycles. The van der Waals surface area contributed by atoms with E-state index in [0.717, 1.165) is 54.5 Å². The van der Waals surface area contributed by atoms with Crippen molar-refractivity contribution >= 4 is 37.4 Å². The van der Waals surface area contributed by atoms with E-state index in [0.29, 0.717) is 6.61 Å². The van der Waals surface area contributed by atoms with E-state index in [2.05, 4.69) is 33.0 Å². The van der Waals surface area contributed by atoms with Crippen molar-refractivity contribution in [3.63, 3.8) is 0 Å². The molecule has 0 unspecified atom stereocenters. The van der Waals surface area contributed by atoms with Gasteiger partial charge in [-0.1, -0.05) is 34.5 Å². The molecule has 1 saturated heterocycles. The average molecular weight is 569 g/mol. The first-order valence-electron chi connectivity index (χ1n) is 12.3. The zero-order valence-corrected chi connectivity index (χ0v) is 22.8. The summed E-state index contributed by atoms with van der Waals surface area (Å²) in [5.74, 6) is 3.25. The van der Waals surface area contributed by atoms with E-state index in [1.54, 1.807) is 18.4 Å². The number of hydrogen-bond donors (Lipinski definition) is 0. The second-order valence-corrected chi connectivity index (χ2v) is 10.8. The molecule has 4 aromatic rings. The summed E-state index contributed by atoms with van der Waals surface area (Å²) < 4.78 is 25.3. The quantitative estimate of drug-likeness (QED) is 0.182. The second-order valence-electron chi connectivity index (χ2n) is 8.80. The van der Waals surface area contributed by atoms with Crippen LogP contribution < -0.4 is 14.2 Å². The predicted molar refractivity (Wildman–Crippen MR) is 150 cm³/mol. The van der Waals surface area contributed by atoms with E-state index in [1.165, 1.54) is 32.4 Å². The molecule has 0 bridgehead atoms. The van der Waals surface area contributed by atoms with Gasteiger partial charge in [-0.2, -0.15) is 0 Å². The van der Waals surface area contributed by atoms with Gasteiger partial charge in [0.05, 0.1) is 4.88 Å². The fraction of sp³-hybridized carbons (Fsp3) is 0.310. The number of thiophene rings is 1. The van der Waals surface area contributed by atoms with Crippen molar-refractivity contribution in [3.8, 4) is 33.4 Å². The third kappa shape index (κ3) is 6.21. The van der Waals surface area contributed by atoms with Crippen LogP contribution in [0.2, 0.25) is 0 Å². The van der Waals surface area contributed by atoms with Crippen LogP contribution in [0.4, 0.5) is 0 Å². The first-order chi connectivity index (χ1) is 17.7. The summed E-state index contributed by atoms with van der Waals surface area (Å²) in [6, 6.07) is 22.2. The highest BCUT2D eigenvalue weighted by Gasteiger charge is 2.17. The monoisotopic (exact) mass is 567 g/mol. The molecule has 36 heavy (non-hydrogen) atoms. The van der Waals surface area contributed by atoms with Crippen molar-refractivity contribution in [1.82, 2.24) is 4.90 Å². The van der Waals surface area contributed by atoms with Crippen LogP contribution >= 0.6 is 27.3 Å². The van der Waals surface area contributed by atoms with Gasteiger partial charge in [0, 0.05) is 28.2 Å². The van der Waals surface area contributed by atoms with Crippen LogP contribution in [0.3, 0.4) is 0 Å². The molecule has 0 spiro atoms. The highest BCUT2D eigenvalue weighted by molar-refractivity contribution is 9.10. The molecule has 3 aromatic carbocycles. The van der Waals surface area contributed by atoms with Crippen molar-refractivity contribution in [2.24, 2.45) is 0 Å². The summed E-state index contributed by atoms with van der Waals surface area (Å²) in [6.45, 7) is 4.27. The lowest BCUT2D eigenvalue weighted by Crippen LogP contribution is -2.33.